The molecule has 0 radical (unpaired) electrons. The molecular formula is C15H19F3N2O2. The Bertz CT molecular complexity index is 552. The van der Waals surface area contributed by atoms with E-state index in [2.05, 4.69) is 5.32 Å². The molecule has 0 saturated carbocycles. The number of rotatable bonds is 3. The summed E-state index contributed by atoms with van der Waals surface area (Å²) < 4.78 is 39.5. The summed E-state index contributed by atoms with van der Waals surface area (Å²) in [4.78, 5) is 13.5. The van der Waals surface area contributed by atoms with E-state index in [1.165, 1.54) is 4.90 Å². The topological polar surface area (TPSA) is 52.6 Å². The van der Waals surface area contributed by atoms with Crippen molar-refractivity contribution in [2.24, 2.45) is 5.41 Å². The Labute approximate surface area is 126 Å². The lowest BCUT2D eigenvalue weighted by Crippen LogP contribution is -2.46. The number of aliphatic hydroxyl groups is 1. The molecular weight excluding hydrogens is 297 g/mol. The van der Waals surface area contributed by atoms with Crippen LogP contribution in [0.4, 0.5) is 23.7 Å². The van der Waals surface area contributed by atoms with E-state index in [9.17, 15) is 23.1 Å². The number of hydrogen-bond acceptors (Lipinski definition) is 2. The second-order valence-corrected chi connectivity index (χ2v) is 5.68. The molecule has 1 saturated heterocycles. The lowest BCUT2D eigenvalue weighted by molar-refractivity contribution is 0.0542. The molecule has 0 atom stereocenters. The normalized spacial score (nSPS) is 17.4. The van der Waals surface area contributed by atoms with Gasteiger partial charge in [-0.25, -0.2) is 18.0 Å². The Morgan fingerprint density at radius 3 is 2.36 bits per heavy atom. The number of urea groups is 1. The minimum atomic E-state index is -1.30. The van der Waals surface area contributed by atoms with Gasteiger partial charge >= 0.3 is 6.03 Å². The third kappa shape index (κ3) is 3.35. The van der Waals surface area contributed by atoms with E-state index < -0.39 is 29.2 Å². The third-order valence-electron chi connectivity index (χ3n) is 4.45. The number of anilines is 1. The second-order valence-electron chi connectivity index (χ2n) is 5.68. The molecule has 0 aliphatic carbocycles. The molecule has 2 amide bonds. The zero-order valence-electron chi connectivity index (χ0n) is 12.3. The highest BCUT2D eigenvalue weighted by Gasteiger charge is 2.34. The van der Waals surface area contributed by atoms with Crippen LogP contribution in [0.5, 0.6) is 0 Å². The molecule has 0 spiro atoms. The summed E-state index contributed by atoms with van der Waals surface area (Å²) in [6, 6.07) is 0.457. The molecule has 1 aromatic rings. The summed E-state index contributed by atoms with van der Waals surface area (Å²) >= 11 is 0. The van der Waals surface area contributed by atoms with Gasteiger partial charge in [-0.15, -0.1) is 0 Å². The third-order valence-corrected chi connectivity index (χ3v) is 4.45. The molecule has 1 fully saturated rings. The highest BCUT2D eigenvalue weighted by atomic mass is 19.2. The van der Waals surface area contributed by atoms with Crippen molar-refractivity contribution in [1.82, 2.24) is 4.90 Å². The zero-order valence-corrected chi connectivity index (χ0v) is 12.3. The lowest BCUT2D eigenvalue weighted by atomic mass is 9.77. The van der Waals surface area contributed by atoms with Crippen molar-refractivity contribution in [2.45, 2.75) is 26.2 Å². The fraction of sp³-hybridized carbons (Fsp3) is 0.533. The number of hydrogen-bond donors (Lipinski definition) is 2. The van der Waals surface area contributed by atoms with Crippen LogP contribution in [0.2, 0.25) is 0 Å². The first-order chi connectivity index (χ1) is 10.4. The number of benzene rings is 1. The van der Waals surface area contributed by atoms with Crippen molar-refractivity contribution < 1.29 is 23.1 Å². The van der Waals surface area contributed by atoms with Crippen LogP contribution in [-0.2, 0) is 0 Å². The van der Waals surface area contributed by atoms with E-state index in [-0.39, 0.29) is 12.0 Å². The summed E-state index contributed by atoms with van der Waals surface area (Å²) in [5, 5.41) is 11.7. The van der Waals surface area contributed by atoms with E-state index in [1.807, 2.05) is 6.92 Å². The highest BCUT2D eigenvalue weighted by molar-refractivity contribution is 5.89. The molecule has 1 aliphatic rings. The predicted octanol–water partition coefficient (Wildman–Crippen LogP) is 3.12. The Kier molecular flexibility index (Phi) is 4.95. The number of nitrogens with zero attached hydrogens (tertiary/aromatic N) is 1. The van der Waals surface area contributed by atoms with Crippen LogP contribution in [-0.4, -0.2) is 35.7 Å². The maximum atomic E-state index is 13.5. The lowest BCUT2D eigenvalue weighted by Gasteiger charge is -2.40. The van der Waals surface area contributed by atoms with Gasteiger partial charge in [0.05, 0.1) is 5.69 Å². The van der Waals surface area contributed by atoms with Crippen molar-refractivity contribution in [3.63, 3.8) is 0 Å². The number of aliphatic hydroxyl groups excluding tert-OH is 1. The van der Waals surface area contributed by atoms with Gasteiger partial charge in [0.1, 0.15) is 5.82 Å². The van der Waals surface area contributed by atoms with Crippen molar-refractivity contribution in [1.29, 1.82) is 0 Å². The van der Waals surface area contributed by atoms with Crippen molar-refractivity contribution >= 4 is 11.7 Å². The first-order valence-electron chi connectivity index (χ1n) is 7.22. The van der Waals surface area contributed by atoms with Crippen LogP contribution in [0.1, 0.15) is 26.2 Å². The van der Waals surface area contributed by atoms with E-state index in [0.717, 1.165) is 6.42 Å². The average molecular weight is 316 g/mol. The highest BCUT2D eigenvalue weighted by Crippen LogP contribution is 2.34. The fourth-order valence-corrected chi connectivity index (χ4v) is 2.62. The largest absolute Gasteiger partial charge is 0.396 e. The molecule has 2 N–H and O–H groups in total. The second kappa shape index (κ2) is 6.56. The zero-order chi connectivity index (χ0) is 16.3. The SMILES string of the molecule is CCC1(CO)CCN(C(=O)Nc2cc(F)c(F)cc2F)CC1. The molecule has 1 heterocycles. The van der Waals surface area contributed by atoms with Gasteiger partial charge in [0.15, 0.2) is 11.6 Å². The van der Waals surface area contributed by atoms with Crippen LogP contribution in [0.3, 0.4) is 0 Å². The monoisotopic (exact) mass is 316 g/mol. The molecule has 122 valence electrons. The smallest absolute Gasteiger partial charge is 0.321 e. The van der Waals surface area contributed by atoms with Gasteiger partial charge < -0.3 is 15.3 Å². The van der Waals surface area contributed by atoms with Gasteiger partial charge in [-0.2, -0.15) is 0 Å². The maximum Gasteiger partial charge on any atom is 0.321 e. The number of carbonyl (C=O) groups excluding carboxylic acids is 1. The van der Waals surface area contributed by atoms with Crippen LogP contribution >= 0.6 is 0 Å². The van der Waals surface area contributed by atoms with E-state index in [4.69, 9.17) is 0 Å². The van der Waals surface area contributed by atoms with Crippen LogP contribution in [0.25, 0.3) is 0 Å². The maximum absolute atomic E-state index is 13.5. The van der Waals surface area contributed by atoms with Crippen molar-refractivity contribution in [2.75, 3.05) is 25.0 Å². The molecule has 0 aromatic heterocycles. The minimum absolute atomic E-state index is 0.0662. The predicted molar refractivity (Wildman–Crippen MR) is 76.0 cm³/mol. The molecule has 0 unspecified atom stereocenters. The molecule has 1 aromatic carbocycles. The Morgan fingerprint density at radius 2 is 1.82 bits per heavy atom. The molecule has 22 heavy (non-hydrogen) atoms. The minimum Gasteiger partial charge on any atom is -0.396 e. The van der Waals surface area contributed by atoms with Crippen molar-refractivity contribution in [3.05, 3.63) is 29.6 Å². The number of nitrogens with one attached hydrogen (secondary N) is 1. The van der Waals surface area contributed by atoms with Gasteiger partial charge in [-0.1, -0.05) is 6.92 Å². The Balaban J connectivity index is 2.01. The molecule has 1 aliphatic heterocycles. The summed E-state index contributed by atoms with van der Waals surface area (Å²) in [5.74, 6) is -3.55. The molecule has 4 nitrogen and oxygen atoms in total. The van der Waals surface area contributed by atoms with Gasteiger partial charge in [0.2, 0.25) is 0 Å². The summed E-state index contributed by atoms with van der Waals surface area (Å²) in [5.41, 5.74) is -0.567. The van der Waals surface area contributed by atoms with Gasteiger partial charge in [-0.3, -0.25) is 0 Å². The number of amides is 2. The van der Waals surface area contributed by atoms with Crippen LogP contribution < -0.4 is 5.32 Å². The number of likely N-dealkylation sites (tertiary alicyclic amines) is 1. The van der Waals surface area contributed by atoms with Crippen LogP contribution in [0.15, 0.2) is 12.1 Å². The summed E-state index contributed by atoms with van der Waals surface area (Å²) in [7, 11) is 0. The van der Waals surface area contributed by atoms with Crippen LogP contribution in [0, 0.1) is 22.9 Å². The summed E-state index contributed by atoms with van der Waals surface area (Å²) in [6.45, 7) is 2.90. The quantitative estimate of drug-likeness (QED) is 0.842. The molecule has 7 heteroatoms. The average Bonchev–Trinajstić information content (AvgIpc) is 2.52. The first kappa shape index (κ1) is 16.6. The van der Waals surface area contributed by atoms with Gasteiger partial charge in [0, 0.05) is 31.8 Å². The first-order valence-corrected chi connectivity index (χ1v) is 7.22. The van der Waals surface area contributed by atoms with E-state index >= 15 is 0 Å². The van der Waals surface area contributed by atoms with Gasteiger partial charge in [-0.05, 0) is 24.7 Å². The number of halogens is 3. The Morgan fingerprint density at radius 1 is 1.23 bits per heavy atom. The fourth-order valence-electron chi connectivity index (χ4n) is 2.62. The summed E-state index contributed by atoms with van der Waals surface area (Å²) in [6.07, 6.45) is 2.11. The molecule has 0 bridgehead atoms. The van der Waals surface area contributed by atoms with Gasteiger partial charge in [0.25, 0.3) is 0 Å². The van der Waals surface area contributed by atoms with E-state index in [1.54, 1.807) is 0 Å². The Hall–Kier alpha value is -1.76. The molecule has 2 rings (SSSR count). The number of piperidine rings is 1. The van der Waals surface area contributed by atoms with Crippen molar-refractivity contribution in [3.8, 4) is 0 Å². The van der Waals surface area contributed by atoms with E-state index in [0.29, 0.717) is 38.1 Å². The number of carbonyl (C=O) groups is 1. The standard InChI is InChI=1S/C15H19F3N2O2/c1-2-15(9-21)3-5-20(6-4-15)14(22)19-13-8-11(17)10(16)7-12(13)18/h7-8,21H,2-6,9H2,1H3,(H,19,22).